The van der Waals surface area contributed by atoms with Gasteiger partial charge in [0.1, 0.15) is 0 Å². The second-order valence-corrected chi connectivity index (χ2v) is 6.58. The van der Waals surface area contributed by atoms with Crippen LogP contribution in [0.15, 0.2) is 48.5 Å². The molecule has 1 fully saturated rings. The largest absolute Gasteiger partial charge is 0.493 e. The van der Waals surface area contributed by atoms with E-state index in [9.17, 15) is 18.4 Å². The number of halogens is 2. The Hall–Kier alpha value is -3.16. The van der Waals surface area contributed by atoms with Gasteiger partial charge >= 0.3 is 6.61 Å². The molecule has 0 bridgehead atoms. The molecule has 0 aliphatic carbocycles. The molecule has 0 radical (unpaired) electrons. The van der Waals surface area contributed by atoms with Crippen molar-refractivity contribution < 1.29 is 27.8 Å². The van der Waals surface area contributed by atoms with E-state index in [2.05, 4.69) is 10.1 Å². The van der Waals surface area contributed by atoms with Crippen LogP contribution in [0, 0.1) is 0 Å². The topological polar surface area (TPSA) is 67.9 Å². The lowest BCUT2D eigenvalue weighted by atomic mass is 10.0. The summed E-state index contributed by atoms with van der Waals surface area (Å²) in [5.74, 6) is -0.837. The van der Waals surface area contributed by atoms with E-state index in [0.717, 1.165) is 18.4 Å². The van der Waals surface area contributed by atoms with Gasteiger partial charge in [0.05, 0.1) is 19.7 Å². The smallest absolute Gasteiger partial charge is 0.387 e. The molecular weight excluding hydrogens is 382 g/mol. The number of hydrogen-bond donors (Lipinski definition) is 1. The number of methoxy groups -OCH3 is 1. The zero-order chi connectivity index (χ0) is 20.8. The average molecular weight is 404 g/mol. The van der Waals surface area contributed by atoms with E-state index in [4.69, 9.17) is 4.74 Å². The first-order chi connectivity index (χ1) is 14.0. The SMILES string of the molecule is COc1cc(C(=O)NCC(=O)N2CCCC2c2ccccc2)ccc1OC(F)F. The summed E-state index contributed by atoms with van der Waals surface area (Å²) in [7, 11) is 1.29. The van der Waals surface area contributed by atoms with Crippen molar-refractivity contribution in [2.24, 2.45) is 0 Å². The van der Waals surface area contributed by atoms with Crippen LogP contribution in [0.3, 0.4) is 0 Å². The summed E-state index contributed by atoms with van der Waals surface area (Å²) >= 11 is 0. The van der Waals surface area contributed by atoms with Gasteiger partial charge in [0.2, 0.25) is 5.91 Å². The highest BCUT2D eigenvalue weighted by Crippen LogP contribution is 2.32. The van der Waals surface area contributed by atoms with Crippen molar-refractivity contribution in [3.63, 3.8) is 0 Å². The Labute approximate surface area is 167 Å². The third-order valence-electron chi connectivity index (χ3n) is 4.80. The van der Waals surface area contributed by atoms with Crippen molar-refractivity contribution in [2.75, 3.05) is 20.2 Å². The predicted molar refractivity (Wildman–Crippen MR) is 102 cm³/mol. The lowest BCUT2D eigenvalue weighted by molar-refractivity contribution is -0.131. The van der Waals surface area contributed by atoms with E-state index < -0.39 is 12.5 Å². The summed E-state index contributed by atoms with van der Waals surface area (Å²) < 4.78 is 34.2. The molecule has 1 heterocycles. The van der Waals surface area contributed by atoms with Crippen LogP contribution in [0.1, 0.15) is 34.8 Å². The fraction of sp³-hybridized carbons (Fsp3) is 0.333. The first kappa shape index (κ1) is 20.6. The van der Waals surface area contributed by atoms with Crippen molar-refractivity contribution in [3.8, 4) is 11.5 Å². The Morgan fingerprint density at radius 3 is 2.62 bits per heavy atom. The number of alkyl halides is 2. The van der Waals surface area contributed by atoms with E-state index in [-0.39, 0.29) is 35.6 Å². The third-order valence-corrected chi connectivity index (χ3v) is 4.80. The molecule has 2 aromatic rings. The van der Waals surface area contributed by atoms with Crippen molar-refractivity contribution in [1.82, 2.24) is 10.2 Å². The molecule has 1 aliphatic rings. The number of amides is 2. The van der Waals surface area contributed by atoms with Crippen LogP contribution >= 0.6 is 0 Å². The number of ether oxygens (including phenoxy) is 2. The van der Waals surface area contributed by atoms with Crippen molar-refractivity contribution in [1.29, 1.82) is 0 Å². The van der Waals surface area contributed by atoms with Crippen molar-refractivity contribution >= 4 is 11.8 Å². The maximum absolute atomic E-state index is 12.6. The first-order valence-electron chi connectivity index (χ1n) is 9.25. The van der Waals surface area contributed by atoms with E-state index in [1.54, 1.807) is 4.90 Å². The van der Waals surface area contributed by atoms with Crippen LogP contribution in [0.4, 0.5) is 8.78 Å². The average Bonchev–Trinajstić information content (AvgIpc) is 3.22. The Morgan fingerprint density at radius 1 is 1.17 bits per heavy atom. The van der Waals surface area contributed by atoms with E-state index in [0.29, 0.717) is 6.54 Å². The number of rotatable bonds is 7. The normalized spacial score (nSPS) is 16.0. The molecule has 8 heteroatoms. The van der Waals surface area contributed by atoms with Crippen LogP contribution in [0.2, 0.25) is 0 Å². The second kappa shape index (κ2) is 9.36. The molecule has 2 aromatic carbocycles. The number of likely N-dealkylation sites (tertiary alicyclic amines) is 1. The minimum atomic E-state index is -3.00. The van der Waals surface area contributed by atoms with Crippen LogP contribution in [-0.4, -0.2) is 43.5 Å². The molecule has 2 amide bonds. The van der Waals surface area contributed by atoms with E-state index in [1.165, 1.54) is 25.3 Å². The summed E-state index contributed by atoms with van der Waals surface area (Å²) in [5, 5.41) is 2.58. The lowest BCUT2D eigenvalue weighted by Crippen LogP contribution is -2.39. The minimum absolute atomic E-state index is 0.00600. The van der Waals surface area contributed by atoms with Gasteiger partial charge in [-0.05, 0) is 36.6 Å². The third kappa shape index (κ3) is 5.01. The summed E-state index contributed by atoms with van der Waals surface area (Å²) in [6, 6.07) is 13.6. The van der Waals surface area contributed by atoms with Gasteiger partial charge in [-0.3, -0.25) is 9.59 Å². The second-order valence-electron chi connectivity index (χ2n) is 6.58. The van der Waals surface area contributed by atoms with Gasteiger partial charge in [-0.1, -0.05) is 30.3 Å². The zero-order valence-corrected chi connectivity index (χ0v) is 15.9. The highest BCUT2D eigenvalue weighted by molar-refractivity contribution is 5.97. The predicted octanol–water partition coefficient (Wildman–Crippen LogP) is 3.39. The first-order valence-corrected chi connectivity index (χ1v) is 9.25. The summed E-state index contributed by atoms with van der Waals surface area (Å²) in [5.41, 5.74) is 1.25. The van der Waals surface area contributed by atoms with Crippen LogP contribution in [0.25, 0.3) is 0 Å². The van der Waals surface area contributed by atoms with Gasteiger partial charge in [0.15, 0.2) is 11.5 Å². The molecule has 1 saturated heterocycles. The minimum Gasteiger partial charge on any atom is -0.493 e. The molecule has 6 nitrogen and oxygen atoms in total. The fourth-order valence-corrected chi connectivity index (χ4v) is 3.45. The monoisotopic (exact) mass is 404 g/mol. The molecule has 0 saturated carbocycles. The number of carbonyl (C=O) groups is 2. The fourth-order valence-electron chi connectivity index (χ4n) is 3.45. The maximum Gasteiger partial charge on any atom is 0.387 e. The zero-order valence-electron chi connectivity index (χ0n) is 15.9. The van der Waals surface area contributed by atoms with Crippen molar-refractivity contribution in [2.45, 2.75) is 25.5 Å². The Morgan fingerprint density at radius 2 is 1.93 bits per heavy atom. The van der Waals surface area contributed by atoms with Gasteiger partial charge in [-0.25, -0.2) is 0 Å². The molecule has 29 heavy (non-hydrogen) atoms. The summed E-state index contributed by atoms with van der Waals surface area (Å²) in [6.45, 7) is -2.51. The molecule has 1 atom stereocenters. The molecule has 1 aliphatic heterocycles. The Bertz CT molecular complexity index is 861. The Balaban J connectivity index is 1.62. The molecule has 0 spiro atoms. The summed E-state index contributed by atoms with van der Waals surface area (Å²) in [6.07, 6.45) is 1.79. The lowest BCUT2D eigenvalue weighted by Gasteiger charge is -2.25. The number of carbonyl (C=O) groups excluding carboxylic acids is 2. The van der Waals surface area contributed by atoms with Gasteiger partial charge in [0, 0.05) is 12.1 Å². The van der Waals surface area contributed by atoms with Crippen LogP contribution < -0.4 is 14.8 Å². The van der Waals surface area contributed by atoms with Crippen LogP contribution in [0.5, 0.6) is 11.5 Å². The number of nitrogens with one attached hydrogen (secondary N) is 1. The molecule has 0 aromatic heterocycles. The van der Waals surface area contributed by atoms with Gasteiger partial charge in [-0.2, -0.15) is 8.78 Å². The number of benzene rings is 2. The van der Waals surface area contributed by atoms with E-state index >= 15 is 0 Å². The summed E-state index contributed by atoms with van der Waals surface area (Å²) in [4.78, 5) is 26.8. The molecule has 1 unspecified atom stereocenters. The maximum atomic E-state index is 12.6. The quantitative estimate of drug-likeness (QED) is 0.768. The standard InChI is InChI=1S/C21H22F2N2O4/c1-28-18-12-15(9-10-17(18)29-21(22)23)20(27)24-13-19(26)25-11-5-8-16(25)14-6-3-2-4-7-14/h2-4,6-7,9-10,12,16,21H,5,8,11,13H2,1H3,(H,24,27). The van der Waals surface area contributed by atoms with Crippen LogP contribution in [-0.2, 0) is 4.79 Å². The molecule has 154 valence electrons. The van der Waals surface area contributed by atoms with Crippen molar-refractivity contribution in [3.05, 3.63) is 59.7 Å². The van der Waals surface area contributed by atoms with Gasteiger partial charge < -0.3 is 19.7 Å². The molecular formula is C21H22F2N2O4. The van der Waals surface area contributed by atoms with Gasteiger partial charge in [0.25, 0.3) is 5.91 Å². The number of nitrogens with zero attached hydrogens (tertiary/aromatic N) is 1. The van der Waals surface area contributed by atoms with Gasteiger partial charge in [-0.15, -0.1) is 0 Å². The van der Waals surface area contributed by atoms with E-state index in [1.807, 2.05) is 30.3 Å². The molecule has 1 N–H and O–H groups in total. The highest BCUT2D eigenvalue weighted by Gasteiger charge is 2.29. The molecule has 3 rings (SSSR count). The number of hydrogen-bond acceptors (Lipinski definition) is 4. The Kier molecular flexibility index (Phi) is 6.64. The highest BCUT2D eigenvalue weighted by atomic mass is 19.3.